The monoisotopic (exact) mass is 350 g/mol. The molecule has 0 atom stereocenters. The van der Waals surface area contributed by atoms with E-state index in [0.717, 1.165) is 12.8 Å². The van der Waals surface area contributed by atoms with Crippen molar-refractivity contribution >= 4 is 17.1 Å². The van der Waals surface area contributed by atoms with E-state index in [9.17, 15) is 17.6 Å². The molecule has 1 saturated carbocycles. The fourth-order valence-electron chi connectivity index (χ4n) is 2.76. The van der Waals surface area contributed by atoms with Gasteiger partial charge in [0.05, 0.1) is 11.4 Å². The quantitative estimate of drug-likeness (QED) is 0.390. The van der Waals surface area contributed by atoms with Crippen molar-refractivity contribution in [2.75, 3.05) is 10.6 Å². The van der Waals surface area contributed by atoms with Gasteiger partial charge in [0.2, 0.25) is 0 Å². The molecule has 6 heteroatoms. The van der Waals surface area contributed by atoms with Gasteiger partial charge in [0.15, 0.2) is 17.5 Å². The number of rotatable bonds is 6. The molecule has 0 heterocycles. The molecule has 1 fully saturated rings. The third-order valence-electron chi connectivity index (χ3n) is 4.33. The van der Waals surface area contributed by atoms with E-state index in [4.69, 9.17) is 0 Å². The molecule has 25 heavy (non-hydrogen) atoms. The molecule has 2 N–H and O–H groups in total. The molecular formula is C19H18F4N2. The minimum atomic E-state index is -1.34. The van der Waals surface area contributed by atoms with E-state index in [2.05, 4.69) is 17.2 Å². The summed E-state index contributed by atoms with van der Waals surface area (Å²) >= 11 is 0. The van der Waals surface area contributed by atoms with Crippen LogP contribution in [0.5, 0.6) is 0 Å². The van der Waals surface area contributed by atoms with E-state index < -0.39 is 34.5 Å². The Morgan fingerprint density at radius 3 is 2.36 bits per heavy atom. The number of halogens is 4. The van der Waals surface area contributed by atoms with Gasteiger partial charge in [-0.2, -0.15) is 0 Å². The van der Waals surface area contributed by atoms with Crippen LogP contribution in [0.25, 0.3) is 0 Å². The predicted molar refractivity (Wildman–Crippen MR) is 91.1 cm³/mol. The lowest BCUT2D eigenvalue weighted by molar-refractivity contribution is 0.498. The van der Waals surface area contributed by atoms with Crippen molar-refractivity contribution in [2.24, 2.45) is 0 Å². The molecule has 2 aromatic carbocycles. The Kier molecular flexibility index (Phi) is 4.45. The predicted octanol–water partition coefficient (Wildman–Crippen LogP) is 5.82. The minimum Gasteiger partial charge on any atom is -0.375 e. The number of hydrogen-bond donors (Lipinski definition) is 2. The second-order valence-electron chi connectivity index (χ2n) is 6.41. The molecule has 0 bridgehead atoms. The van der Waals surface area contributed by atoms with Gasteiger partial charge < -0.3 is 10.6 Å². The Morgan fingerprint density at radius 2 is 1.76 bits per heavy atom. The second kappa shape index (κ2) is 6.43. The average Bonchev–Trinajstić information content (AvgIpc) is 3.30. The van der Waals surface area contributed by atoms with Crippen LogP contribution in [0.4, 0.5) is 34.6 Å². The second-order valence-corrected chi connectivity index (χ2v) is 6.41. The molecule has 0 unspecified atom stereocenters. The highest BCUT2D eigenvalue weighted by molar-refractivity contribution is 5.77. The molecule has 0 aromatic heterocycles. The zero-order valence-corrected chi connectivity index (χ0v) is 13.7. The van der Waals surface area contributed by atoms with Gasteiger partial charge in [-0.3, -0.25) is 0 Å². The van der Waals surface area contributed by atoms with Gasteiger partial charge in [0, 0.05) is 11.6 Å². The van der Waals surface area contributed by atoms with E-state index in [0.29, 0.717) is 18.1 Å². The highest BCUT2D eigenvalue weighted by Crippen LogP contribution is 2.45. The summed E-state index contributed by atoms with van der Waals surface area (Å²) in [4.78, 5) is 0. The number of anilines is 3. The number of benzene rings is 2. The maximum Gasteiger partial charge on any atom is 0.184 e. The molecule has 0 spiro atoms. The van der Waals surface area contributed by atoms with Crippen LogP contribution >= 0.6 is 0 Å². The van der Waals surface area contributed by atoms with Crippen molar-refractivity contribution in [3.63, 3.8) is 0 Å². The van der Waals surface area contributed by atoms with Crippen LogP contribution in [-0.2, 0) is 0 Å². The number of hydrogen-bond acceptors (Lipinski definition) is 2. The molecule has 0 saturated heterocycles. The number of nitrogens with one attached hydrogen (secondary N) is 2. The van der Waals surface area contributed by atoms with Crippen molar-refractivity contribution in [3.8, 4) is 0 Å². The summed E-state index contributed by atoms with van der Waals surface area (Å²) in [6.07, 6.45) is 3.76. The molecule has 1 aliphatic rings. The third-order valence-corrected chi connectivity index (χ3v) is 4.33. The summed E-state index contributed by atoms with van der Waals surface area (Å²) in [5.74, 6) is -4.18. The molecule has 0 aliphatic heterocycles. The maximum atomic E-state index is 14.3. The smallest absolute Gasteiger partial charge is 0.184 e. The van der Waals surface area contributed by atoms with E-state index in [-0.39, 0.29) is 11.4 Å². The van der Waals surface area contributed by atoms with Crippen LogP contribution in [-0.4, -0.2) is 5.54 Å². The molecule has 2 aromatic rings. The maximum absolute atomic E-state index is 14.3. The van der Waals surface area contributed by atoms with Crippen molar-refractivity contribution in [2.45, 2.75) is 31.7 Å². The van der Waals surface area contributed by atoms with Crippen LogP contribution in [0.1, 0.15) is 24.8 Å². The highest BCUT2D eigenvalue weighted by atomic mass is 19.2. The molecular weight excluding hydrogens is 332 g/mol. The largest absolute Gasteiger partial charge is 0.375 e. The minimum absolute atomic E-state index is 0.0638. The Hall–Kier alpha value is -2.50. The molecule has 132 valence electrons. The van der Waals surface area contributed by atoms with Gasteiger partial charge in [-0.05, 0) is 43.9 Å². The fourth-order valence-corrected chi connectivity index (χ4v) is 2.76. The Balaban J connectivity index is 2.03. The van der Waals surface area contributed by atoms with Gasteiger partial charge in [0.1, 0.15) is 11.5 Å². The van der Waals surface area contributed by atoms with E-state index in [1.54, 1.807) is 19.1 Å². The first kappa shape index (κ1) is 17.3. The first-order chi connectivity index (χ1) is 11.8. The standard InChI is InChI=1S/C19H18F4N2/c1-3-6-19(7-8-19)25-17-14(22)10-13(21)16(23)18(17)24-15-5-4-11(2)9-12(15)20/h3-5,9-10,24-25H,1,6-8H2,2H3. The zero-order valence-electron chi connectivity index (χ0n) is 13.7. The number of aryl methyl sites for hydroxylation is 1. The summed E-state index contributed by atoms with van der Waals surface area (Å²) in [5, 5.41) is 5.44. The SMILES string of the molecule is C=CCC1(Nc2c(F)cc(F)c(F)c2Nc2ccc(C)cc2F)CC1. The van der Waals surface area contributed by atoms with Crippen LogP contribution in [0.15, 0.2) is 36.9 Å². The summed E-state index contributed by atoms with van der Waals surface area (Å²) in [6.45, 7) is 5.36. The summed E-state index contributed by atoms with van der Waals surface area (Å²) in [5.41, 5.74) is -0.468. The lowest BCUT2D eigenvalue weighted by Crippen LogP contribution is -2.22. The van der Waals surface area contributed by atoms with E-state index >= 15 is 0 Å². The molecule has 1 aliphatic carbocycles. The Bertz CT molecular complexity index is 829. The van der Waals surface area contributed by atoms with Crippen LogP contribution in [0, 0.1) is 30.2 Å². The van der Waals surface area contributed by atoms with Crippen molar-refractivity contribution in [1.29, 1.82) is 0 Å². The van der Waals surface area contributed by atoms with Crippen LogP contribution < -0.4 is 10.6 Å². The summed E-state index contributed by atoms with van der Waals surface area (Å²) in [6, 6.07) is 4.75. The summed E-state index contributed by atoms with van der Waals surface area (Å²) < 4.78 is 56.4. The topological polar surface area (TPSA) is 24.1 Å². The van der Waals surface area contributed by atoms with Crippen molar-refractivity contribution in [3.05, 3.63) is 65.8 Å². The van der Waals surface area contributed by atoms with E-state index in [1.807, 2.05) is 0 Å². The van der Waals surface area contributed by atoms with E-state index in [1.165, 1.54) is 12.1 Å². The zero-order chi connectivity index (χ0) is 18.2. The Labute approximate surface area is 143 Å². The van der Waals surface area contributed by atoms with Gasteiger partial charge in [-0.15, -0.1) is 6.58 Å². The van der Waals surface area contributed by atoms with Crippen LogP contribution in [0.2, 0.25) is 0 Å². The van der Waals surface area contributed by atoms with Gasteiger partial charge >= 0.3 is 0 Å². The fraction of sp³-hybridized carbons (Fsp3) is 0.263. The van der Waals surface area contributed by atoms with Gasteiger partial charge in [-0.25, -0.2) is 17.6 Å². The molecule has 0 amide bonds. The molecule has 2 nitrogen and oxygen atoms in total. The van der Waals surface area contributed by atoms with Crippen molar-refractivity contribution in [1.82, 2.24) is 0 Å². The normalized spacial score (nSPS) is 14.9. The van der Waals surface area contributed by atoms with Gasteiger partial charge in [0.25, 0.3) is 0 Å². The lowest BCUT2D eigenvalue weighted by Gasteiger charge is -2.22. The molecule has 3 rings (SSSR count). The first-order valence-electron chi connectivity index (χ1n) is 7.95. The van der Waals surface area contributed by atoms with Crippen LogP contribution in [0.3, 0.4) is 0 Å². The molecule has 0 radical (unpaired) electrons. The summed E-state index contributed by atoms with van der Waals surface area (Å²) in [7, 11) is 0. The highest BCUT2D eigenvalue weighted by Gasteiger charge is 2.42. The van der Waals surface area contributed by atoms with Crippen molar-refractivity contribution < 1.29 is 17.6 Å². The lowest BCUT2D eigenvalue weighted by atomic mass is 10.1. The van der Waals surface area contributed by atoms with Gasteiger partial charge in [-0.1, -0.05) is 12.1 Å². The first-order valence-corrected chi connectivity index (χ1v) is 7.95. The Morgan fingerprint density at radius 1 is 1.04 bits per heavy atom. The third kappa shape index (κ3) is 3.48. The average molecular weight is 350 g/mol.